The maximum absolute atomic E-state index is 13.2. The number of phenolic OH excluding ortho intramolecular Hbond substituents is 1. The molecule has 1 amide bonds. The van der Waals surface area contributed by atoms with Gasteiger partial charge in [0.1, 0.15) is 11.5 Å². The van der Waals surface area contributed by atoms with Crippen molar-refractivity contribution in [2.24, 2.45) is 0 Å². The van der Waals surface area contributed by atoms with Gasteiger partial charge in [-0.15, -0.1) is 11.3 Å². The van der Waals surface area contributed by atoms with Gasteiger partial charge in [0, 0.05) is 10.4 Å². The molecular weight excluding hydrogens is 456 g/mol. The van der Waals surface area contributed by atoms with Crippen molar-refractivity contribution in [1.29, 1.82) is 0 Å². The number of methoxy groups -OCH3 is 1. The second-order valence-corrected chi connectivity index (χ2v) is 8.88. The number of aliphatic hydroxyl groups is 1. The van der Waals surface area contributed by atoms with E-state index in [9.17, 15) is 19.8 Å². The van der Waals surface area contributed by atoms with Crippen LogP contribution in [0.2, 0.25) is 0 Å². The molecule has 176 valence electrons. The quantitative estimate of drug-likeness (QED) is 0.304. The van der Waals surface area contributed by atoms with Crippen LogP contribution in [0.15, 0.2) is 48.0 Å². The van der Waals surface area contributed by atoms with E-state index in [2.05, 4.69) is 4.98 Å². The average Bonchev–Trinajstić information content (AvgIpc) is 3.29. The van der Waals surface area contributed by atoms with Crippen molar-refractivity contribution in [1.82, 2.24) is 4.98 Å². The van der Waals surface area contributed by atoms with Crippen LogP contribution in [-0.4, -0.2) is 40.6 Å². The molecule has 4 rings (SSSR count). The van der Waals surface area contributed by atoms with E-state index in [4.69, 9.17) is 9.47 Å². The van der Waals surface area contributed by atoms with Gasteiger partial charge >= 0.3 is 5.91 Å². The predicted octanol–water partition coefficient (Wildman–Crippen LogP) is 4.50. The van der Waals surface area contributed by atoms with E-state index in [0.29, 0.717) is 28.6 Å². The van der Waals surface area contributed by atoms with Gasteiger partial charge in [-0.3, -0.25) is 14.5 Å². The number of nitrogens with zero attached hydrogens (tertiary/aromatic N) is 2. The van der Waals surface area contributed by atoms with Gasteiger partial charge in [0.2, 0.25) is 0 Å². The summed E-state index contributed by atoms with van der Waals surface area (Å²) in [5.41, 5.74) is 1.51. The first-order valence-corrected chi connectivity index (χ1v) is 11.4. The summed E-state index contributed by atoms with van der Waals surface area (Å²) < 4.78 is 10.7. The second-order valence-electron chi connectivity index (χ2n) is 7.70. The summed E-state index contributed by atoms with van der Waals surface area (Å²) in [6.07, 6.45) is 0. The summed E-state index contributed by atoms with van der Waals surface area (Å²) in [5, 5.41) is 21.6. The van der Waals surface area contributed by atoms with E-state index < -0.39 is 17.7 Å². The lowest BCUT2D eigenvalue weighted by Crippen LogP contribution is -2.29. The summed E-state index contributed by atoms with van der Waals surface area (Å²) in [6, 6.07) is 10.2. The van der Waals surface area contributed by atoms with Gasteiger partial charge in [0.25, 0.3) is 5.78 Å². The molecule has 34 heavy (non-hydrogen) atoms. The number of hydrogen-bond donors (Lipinski definition) is 2. The van der Waals surface area contributed by atoms with Gasteiger partial charge in [0.05, 0.1) is 31.0 Å². The van der Waals surface area contributed by atoms with E-state index in [1.165, 1.54) is 35.5 Å². The van der Waals surface area contributed by atoms with Crippen LogP contribution in [0, 0.1) is 13.8 Å². The number of phenols is 1. The first-order chi connectivity index (χ1) is 16.3. The van der Waals surface area contributed by atoms with Gasteiger partial charge in [-0.05, 0) is 62.7 Å². The third-order valence-electron chi connectivity index (χ3n) is 5.63. The van der Waals surface area contributed by atoms with Crippen molar-refractivity contribution < 1.29 is 29.3 Å². The number of benzene rings is 2. The highest BCUT2D eigenvalue weighted by Crippen LogP contribution is 2.45. The second kappa shape index (κ2) is 9.18. The summed E-state index contributed by atoms with van der Waals surface area (Å²) in [6.45, 7) is 6.06. The van der Waals surface area contributed by atoms with Crippen LogP contribution in [0.1, 0.15) is 34.7 Å². The monoisotopic (exact) mass is 480 g/mol. The fourth-order valence-corrected chi connectivity index (χ4v) is 4.74. The third kappa shape index (κ3) is 3.99. The molecule has 0 saturated carbocycles. The maximum atomic E-state index is 13.2. The number of carbonyl (C=O) groups is 2. The number of thiazole rings is 1. The number of amides is 1. The minimum Gasteiger partial charge on any atom is -0.507 e. The molecule has 1 unspecified atom stereocenters. The lowest BCUT2D eigenvalue weighted by Gasteiger charge is -2.23. The first kappa shape index (κ1) is 23.3. The molecule has 1 saturated heterocycles. The third-order valence-corrected chi connectivity index (χ3v) is 6.70. The zero-order valence-electron chi connectivity index (χ0n) is 19.2. The summed E-state index contributed by atoms with van der Waals surface area (Å²) in [7, 11) is 1.41. The fraction of sp³-hybridized carbons (Fsp3) is 0.240. The van der Waals surface area contributed by atoms with Gasteiger partial charge in [-0.25, -0.2) is 4.98 Å². The van der Waals surface area contributed by atoms with Crippen LogP contribution >= 0.6 is 11.3 Å². The van der Waals surface area contributed by atoms with Gasteiger partial charge in [-0.1, -0.05) is 6.07 Å². The zero-order chi connectivity index (χ0) is 24.6. The molecule has 1 fully saturated rings. The predicted molar refractivity (Wildman–Crippen MR) is 129 cm³/mol. The van der Waals surface area contributed by atoms with E-state index in [-0.39, 0.29) is 22.8 Å². The van der Waals surface area contributed by atoms with E-state index >= 15 is 0 Å². The van der Waals surface area contributed by atoms with Crippen LogP contribution in [0.25, 0.3) is 5.76 Å². The summed E-state index contributed by atoms with van der Waals surface area (Å²) in [4.78, 5) is 33.1. The Morgan fingerprint density at radius 2 is 1.85 bits per heavy atom. The molecule has 2 aromatic carbocycles. The number of aromatic hydroxyl groups is 1. The van der Waals surface area contributed by atoms with Crippen molar-refractivity contribution in [3.63, 3.8) is 0 Å². The van der Waals surface area contributed by atoms with Gasteiger partial charge in [-0.2, -0.15) is 0 Å². The SMILES string of the molecule is CCOc1ccc(/C(O)=C2/C(=O)C(=O)N(c3nc(C)c(C)s3)C2c2ccc(O)c(OC)c2)cc1. The van der Waals surface area contributed by atoms with Crippen LogP contribution in [0.5, 0.6) is 17.2 Å². The number of ketones is 1. The van der Waals surface area contributed by atoms with E-state index in [1.807, 2.05) is 20.8 Å². The minimum absolute atomic E-state index is 0.0765. The minimum atomic E-state index is -0.967. The Kier molecular flexibility index (Phi) is 6.30. The molecule has 0 bridgehead atoms. The maximum Gasteiger partial charge on any atom is 0.301 e. The van der Waals surface area contributed by atoms with Crippen molar-refractivity contribution in [3.8, 4) is 17.2 Å². The number of aryl methyl sites for hydroxylation is 2. The smallest absolute Gasteiger partial charge is 0.301 e. The Morgan fingerprint density at radius 1 is 1.15 bits per heavy atom. The molecule has 1 atom stereocenters. The number of hydrogen-bond acceptors (Lipinski definition) is 8. The number of Topliss-reactive ketones (excluding diaryl/α,β-unsaturated/α-hetero) is 1. The topological polar surface area (TPSA) is 109 Å². The highest BCUT2D eigenvalue weighted by atomic mass is 32.1. The molecule has 3 aromatic rings. The molecule has 9 heteroatoms. The number of anilines is 1. The largest absolute Gasteiger partial charge is 0.507 e. The Balaban J connectivity index is 1.92. The van der Waals surface area contributed by atoms with Crippen molar-refractivity contribution in [3.05, 3.63) is 69.7 Å². The highest BCUT2D eigenvalue weighted by Gasteiger charge is 2.48. The average molecular weight is 481 g/mol. The molecule has 1 aromatic heterocycles. The Bertz CT molecular complexity index is 1280. The molecule has 0 spiro atoms. The Hall–Kier alpha value is -3.85. The van der Waals surface area contributed by atoms with Crippen molar-refractivity contribution >= 4 is 33.9 Å². The number of ether oxygens (including phenoxy) is 2. The van der Waals surface area contributed by atoms with Gasteiger partial charge < -0.3 is 19.7 Å². The van der Waals surface area contributed by atoms with Crippen LogP contribution in [0.4, 0.5) is 5.13 Å². The molecule has 0 radical (unpaired) electrons. The van der Waals surface area contributed by atoms with Crippen LogP contribution < -0.4 is 14.4 Å². The summed E-state index contributed by atoms with van der Waals surface area (Å²) in [5.74, 6) is -1.22. The number of aromatic nitrogens is 1. The van der Waals surface area contributed by atoms with Crippen molar-refractivity contribution in [2.45, 2.75) is 26.8 Å². The molecule has 1 aliphatic heterocycles. The standard InChI is InChI=1S/C25H24N2O6S/c1-5-33-17-9-6-15(7-10-17)22(29)20-21(16-8-11-18(28)19(12-16)32-4)27(24(31)23(20)30)25-26-13(2)14(3)34-25/h6-12,21,28-29H,5H2,1-4H3/b22-20-. The summed E-state index contributed by atoms with van der Waals surface area (Å²) >= 11 is 1.29. The molecule has 2 N–H and O–H groups in total. The number of aliphatic hydroxyl groups excluding tert-OH is 1. The molecule has 1 aliphatic rings. The number of rotatable bonds is 6. The fourth-order valence-electron chi connectivity index (χ4n) is 3.80. The lowest BCUT2D eigenvalue weighted by atomic mass is 9.95. The highest BCUT2D eigenvalue weighted by molar-refractivity contribution is 7.16. The zero-order valence-corrected chi connectivity index (χ0v) is 20.0. The van der Waals surface area contributed by atoms with Crippen LogP contribution in [-0.2, 0) is 9.59 Å². The van der Waals surface area contributed by atoms with Crippen molar-refractivity contribution in [2.75, 3.05) is 18.6 Å². The Morgan fingerprint density at radius 3 is 2.44 bits per heavy atom. The van der Waals surface area contributed by atoms with Gasteiger partial charge in [0.15, 0.2) is 16.6 Å². The normalized spacial score (nSPS) is 17.3. The lowest BCUT2D eigenvalue weighted by molar-refractivity contribution is -0.132. The molecular formula is C25H24N2O6S. The van der Waals surface area contributed by atoms with Crippen LogP contribution in [0.3, 0.4) is 0 Å². The van der Waals surface area contributed by atoms with E-state index in [0.717, 1.165) is 10.6 Å². The molecule has 2 heterocycles. The molecule has 8 nitrogen and oxygen atoms in total. The Labute approximate surface area is 200 Å². The first-order valence-electron chi connectivity index (χ1n) is 10.6. The van der Waals surface area contributed by atoms with E-state index in [1.54, 1.807) is 30.3 Å². The molecule has 0 aliphatic carbocycles. The number of carbonyl (C=O) groups excluding carboxylic acids is 2.